The van der Waals surface area contributed by atoms with Crippen molar-refractivity contribution in [2.75, 3.05) is 7.05 Å². The predicted molar refractivity (Wildman–Crippen MR) is 122 cm³/mol. The molecule has 1 heterocycles. The third-order valence-corrected chi connectivity index (χ3v) is 9.95. The van der Waals surface area contributed by atoms with Gasteiger partial charge in [0.2, 0.25) is 5.91 Å². The average molecular weight is 439 g/mol. The van der Waals surface area contributed by atoms with Gasteiger partial charge in [-0.2, -0.15) is 0 Å². The van der Waals surface area contributed by atoms with Crippen molar-refractivity contribution in [3.63, 3.8) is 0 Å². The second kappa shape index (κ2) is 7.43. The van der Waals surface area contributed by atoms with Crippen LogP contribution in [0.25, 0.3) is 0 Å². The van der Waals surface area contributed by atoms with Gasteiger partial charge in [0, 0.05) is 30.1 Å². The SMILES string of the molecule is Cc1c(F)cccc1C(=O)NC1CC[C@H]2[C@@H]3CC[C@H]4N(C)C(=O)C=C[C@]4(C)[C@H]3CC[C@]12C. The lowest BCUT2D eigenvalue weighted by Crippen LogP contribution is -2.60. The van der Waals surface area contributed by atoms with Crippen LogP contribution in [0.5, 0.6) is 0 Å². The highest BCUT2D eigenvalue weighted by molar-refractivity contribution is 5.96. The van der Waals surface area contributed by atoms with E-state index in [1.807, 2.05) is 11.9 Å². The number of halogens is 1. The summed E-state index contributed by atoms with van der Waals surface area (Å²) in [5.74, 6) is 1.42. The number of carbonyl (C=O) groups is 2. The summed E-state index contributed by atoms with van der Waals surface area (Å²) in [7, 11) is 1.96. The lowest BCUT2D eigenvalue weighted by Gasteiger charge is -2.60. The molecule has 1 aromatic rings. The van der Waals surface area contributed by atoms with Crippen molar-refractivity contribution in [1.29, 1.82) is 0 Å². The summed E-state index contributed by atoms with van der Waals surface area (Å²) in [4.78, 5) is 27.3. The van der Waals surface area contributed by atoms with Crippen molar-refractivity contribution in [3.8, 4) is 0 Å². The van der Waals surface area contributed by atoms with Gasteiger partial charge in [-0.15, -0.1) is 0 Å². The molecule has 2 amide bonds. The normalized spacial score (nSPS) is 40.5. The van der Waals surface area contributed by atoms with Gasteiger partial charge in [0.05, 0.1) is 0 Å². The molecule has 5 heteroatoms. The molecular formula is C27H35FN2O2. The van der Waals surface area contributed by atoms with E-state index in [4.69, 9.17) is 0 Å². The molecule has 0 radical (unpaired) electrons. The molecule has 172 valence electrons. The second-order valence-corrected chi connectivity index (χ2v) is 11.2. The summed E-state index contributed by atoms with van der Waals surface area (Å²) in [6, 6.07) is 5.15. The van der Waals surface area contributed by atoms with Gasteiger partial charge < -0.3 is 10.2 Å². The van der Waals surface area contributed by atoms with Crippen LogP contribution >= 0.6 is 0 Å². The molecule has 7 atom stereocenters. The zero-order valence-electron chi connectivity index (χ0n) is 19.7. The van der Waals surface area contributed by atoms with Crippen LogP contribution < -0.4 is 5.32 Å². The second-order valence-electron chi connectivity index (χ2n) is 11.2. The van der Waals surface area contributed by atoms with E-state index in [1.165, 1.54) is 6.07 Å². The molecule has 0 spiro atoms. The number of amides is 2. The van der Waals surface area contributed by atoms with E-state index in [-0.39, 0.29) is 34.5 Å². The van der Waals surface area contributed by atoms with Gasteiger partial charge in [0.1, 0.15) is 5.82 Å². The number of carbonyl (C=O) groups excluding carboxylic acids is 2. The van der Waals surface area contributed by atoms with Crippen LogP contribution in [0.3, 0.4) is 0 Å². The Balaban J connectivity index is 1.37. The molecule has 1 aliphatic heterocycles. The maximum atomic E-state index is 14.0. The van der Waals surface area contributed by atoms with Crippen LogP contribution in [0, 0.1) is 41.3 Å². The standard InChI is InChI=1S/C27H35FN2O2/c1-16-17(6-5-7-21(16)28)25(32)29-22-10-9-19-18-8-11-23-27(3,15-13-24(31)30(23)4)20(18)12-14-26(19,22)2/h5-7,13,15,18-20,22-23H,8-12,14H2,1-4H3,(H,29,32)/t18-,19-,20-,22?,23+,26-,27+/m0/s1. The summed E-state index contributed by atoms with van der Waals surface area (Å²) in [6.45, 7) is 6.40. The third-order valence-electron chi connectivity index (χ3n) is 9.95. The first-order valence-corrected chi connectivity index (χ1v) is 12.2. The van der Waals surface area contributed by atoms with Crippen molar-refractivity contribution in [2.24, 2.45) is 28.6 Å². The van der Waals surface area contributed by atoms with Crippen molar-refractivity contribution >= 4 is 11.8 Å². The minimum Gasteiger partial charge on any atom is -0.349 e. The maximum absolute atomic E-state index is 14.0. The Morgan fingerprint density at radius 3 is 2.69 bits per heavy atom. The van der Waals surface area contributed by atoms with Gasteiger partial charge in [-0.05, 0) is 92.4 Å². The van der Waals surface area contributed by atoms with Gasteiger partial charge in [-0.3, -0.25) is 9.59 Å². The van der Waals surface area contributed by atoms with Gasteiger partial charge >= 0.3 is 0 Å². The summed E-state index contributed by atoms with van der Waals surface area (Å²) in [6.07, 6.45) is 10.5. The Kier molecular flexibility index (Phi) is 5.03. The Labute approximate surface area is 190 Å². The van der Waals surface area contributed by atoms with E-state index in [0.717, 1.165) is 38.5 Å². The van der Waals surface area contributed by atoms with Crippen LogP contribution in [0.1, 0.15) is 68.3 Å². The van der Waals surface area contributed by atoms with E-state index in [2.05, 4.69) is 25.2 Å². The molecule has 0 saturated heterocycles. The van der Waals surface area contributed by atoms with Gasteiger partial charge in [-0.1, -0.05) is 26.0 Å². The van der Waals surface area contributed by atoms with Crippen molar-refractivity contribution in [3.05, 3.63) is 47.3 Å². The van der Waals surface area contributed by atoms with Gasteiger partial charge in [0.15, 0.2) is 0 Å². The first kappa shape index (κ1) is 21.7. The van der Waals surface area contributed by atoms with Crippen molar-refractivity contribution < 1.29 is 14.0 Å². The van der Waals surface area contributed by atoms with Crippen LogP contribution in [-0.4, -0.2) is 35.8 Å². The fraction of sp³-hybridized carbons (Fsp3) is 0.630. The van der Waals surface area contributed by atoms with Gasteiger partial charge in [0.25, 0.3) is 5.91 Å². The highest BCUT2D eigenvalue weighted by Gasteiger charge is 2.60. The summed E-state index contributed by atoms with van der Waals surface area (Å²) >= 11 is 0. The predicted octanol–water partition coefficient (Wildman–Crippen LogP) is 4.87. The zero-order chi connectivity index (χ0) is 22.8. The van der Waals surface area contributed by atoms with Crippen LogP contribution in [-0.2, 0) is 4.79 Å². The lowest BCUT2D eigenvalue weighted by atomic mass is 9.48. The Morgan fingerprint density at radius 1 is 1.12 bits per heavy atom. The number of rotatable bonds is 2. The molecule has 4 nitrogen and oxygen atoms in total. The van der Waals surface area contributed by atoms with Crippen LogP contribution in [0.2, 0.25) is 0 Å². The van der Waals surface area contributed by atoms with E-state index < -0.39 is 0 Å². The van der Waals surface area contributed by atoms with Crippen LogP contribution in [0.15, 0.2) is 30.4 Å². The fourth-order valence-corrected chi connectivity index (χ4v) is 8.07. The summed E-state index contributed by atoms with van der Waals surface area (Å²) in [5, 5.41) is 3.30. The van der Waals surface area contributed by atoms with Crippen LogP contribution in [0.4, 0.5) is 4.39 Å². The molecule has 32 heavy (non-hydrogen) atoms. The van der Waals surface area contributed by atoms with E-state index >= 15 is 0 Å². The molecule has 3 fully saturated rings. The monoisotopic (exact) mass is 438 g/mol. The molecule has 1 aromatic carbocycles. The number of hydrogen-bond donors (Lipinski definition) is 1. The number of nitrogens with zero attached hydrogens (tertiary/aromatic N) is 1. The van der Waals surface area contributed by atoms with E-state index in [1.54, 1.807) is 25.1 Å². The first-order valence-electron chi connectivity index (χ1n) is 12.2. The molecule has 5 rings (SSSR count). The Hall–Kier alpha value is -2.17. The molecular weight excluding hydrogens is 403 g/mol. The van der Waals surface area contributed by atoms with E-state index in [9.17, 15) is 14.0 Å². The molecule has 1 N–H and O–H groups in total. The van der Waals surface area contributed by atoms with Gasteiger partial charge in [-0.25, -0.2) is 4.39 Å². The summed E-state index contributed by atoms with van der Waals surface area (Å²) in [5.41, 5.74) is 0.968. The number of hydrogen-bond acceptors (Lipinski definition) is 2. The third kappa shape index (κ3) is 2.99. The number of fused-ring (bicyclic) bond motifs is 5. The molecule has 3 aliphatic carbocycles. The Bertz CT molecular complexity index is 990. The smallest absolute Gasteiger partial charge is 0.251 e. The highest BCUT2D eigenvalue weighted by atomic mass is 19.1. The molecule has 1 unspecified atom stereocenters. The molecule has 3 saturated carbocycles. The fourth-order valence-electron chi connectivity index (χ4n) is 8.07. The van der Waals surface area contributed by atoms with Crippen molar-refractivity contribution in [2.45, 2.75) is 71.4 Å². The van der Waals surface area contributed by atoms with E-state index in [0.29, 0.717) is 34.9 Å². The minimum absolute atomic E-state index is 0.0346. The largest absolute Gasteiger partial charge is 0.349 e. The zero-order valence-corrected chi connectivity index (χ0v) is 19.7. The quantitative estimate of drug-likeness (QED) is 0.716. The minimum atomic E-state index is -0.331. The maximum Gasteiger partial charge on any atom is 0.251 e. The number of likely N-dealkylation sites (N-methyl/N-ethyl adjacent to an activating group) is 1. The highest BCUT2D eigenvalue weighted by Crippen LogP contribution is 2.63. The molecule has 4 aliphatic rings. The average Bonchev–Trinajstić information content (AvgIpc) is 3.09. The molecule has 0 bridgehead atoms. The topological polar surface area (TPSA) is 49.4 Å². The van der Waals surface area contributed by atoms with Crippen molar-refractivity contribution in [1.82, 2.24) is 10.2 Å². The number of benzene rings is 1. The number of nitrogens with one attached hydrogen (secondary N) is 1. The molecule has 0 aromatic heterocycles. The Morgan fingerprint density at radius 2 is 1.91 bits per heavy atom. The summed E-state index contributed by atoms with van der Waals surface area (Å²) < 4.78 is 14.0. The first-order chi connectivity index (χ1) is 15.2. The lowest BCUT2D eigenvalue weighted by molar-refractivity contribution is -0.138.